The van der Waals surface area contributed by atoms with Crippen LogP contribution in [0, 0.1) is 6.92 Å². The van der Waals surface area contributed by atoms with Gasteiger partial charge in [-0.25, -0.2) is 8.42 Å². The Labute approximate surface area is 225 Å². The van der Waals surface area contributed by atoms with Gasteiger partial charge in [0.2, 0.25) is 21.0 Å². The van der Waals surface area contributed by atoms with Crippen LogP contribution in [0.1, 0.15) is 5.56 Å². The molecular weight excluding hydrogens is 538 g/mol. The Kier molecular flexibility index (Phi) is 8.14. The van der Waals surface area contributed by atoms with Gasteiger partial charge in [0.25, 0.3) is 0 Å². The van der Waals surface area contributed by atoms with Crippen LogP contribution in [0.2, 0.25) is 5.02 Å². The number of methoxy groups -OCH3 is 1. The van der Waals surface area contributed by atoms with Crippen LogP contribution in [-0.2, 0) is 21.3 Å². The number of benzene rings is 2. The summed E-state index contributed by atoms with van der Waals surface area (Å²) in [6.45, 7) is 7.04. The van der Waals surface area contributed by atoms with Crippen LogP contribution in [0.3, 0.4) is 0 Å². The SMILES string of the molecule is C=CCn1c(O)c(N=NC(=S)Nc2cc(C)c(Cl)cc2OC)c2cc(S(=O)(=O)N3CCOCC3)ccc21. The van der Waals surface area contributed by atoms with Crippen molar-refractivity contribution in [2.45, 2.75) is 18.4 Å². The first-order valence-corrected chi connectivity index (χ1v) is 13.5. The fourth-order valence-corrected chi connectivity index (χ4v) is 5.72. The minimum atomic E-state index is -3.77. The quantitative estimate of drug-likeness (QED) is 0.236. The zero-order chi connectivity index (χ0) is 26.7. The largest absolute Gasteiger partial charge is 0.495 e. The van der Waals surface area contributed by atoms with E-state index in [2.05, 4.69) is 22.1 Å². The van der Waals surface area contributed by atoms with Gasteiger partial charge in [-0.2, -0.15) is 4.31 Å². The molecule has 0 amide bonds. The van der Waals surface area contributed by atoms with Crippen LogP contribution in [-0.4, -0.2) is 60.9 Å². The van der Waals surface area contributed by atoms with Crippen LogP contribution in [0.15, 0.2) is 58.1 Å². The Morgan fingerprint density at radius 2 is 2.05 bits per heavy atom. The topological polar surface area (TPSA) is 118 Å². The fourth-order valence-electron chi connectivity index (χ4n) is 3.98. The second-order valence-electron chi connectivity index (χ2n) is 8.20. The predicted octanol–water partition coefficient (Wildman–Crippen LogP) is 5.00. The van der Waals surface area contributed by atoms with Gasteiger partial charge in [0, 0.05) is 36.1 Å². The zero-order valence-electron chi connectivity index (χ0n) is 20.3. The van der Waals surface area contributed by atoms with Crippen molar-refractivity contribution >= 4 is 61.2 Å². The number of rotatable bonds is 7. The van der Waals surface area contributed by atoms with E-state index in [1.165, 1.54) is 23.5 Å². The molecule has 0 atom stereocenters. The second kappa shape index (κ2) is 11.2. The van der Waals surface area contributed by atoms with Gasteiger partial charge in [-0.1, -0.05) is 17.7 Å². The van der Waals surface area contributed by atoms with Crippen molar-refractivity contribution in [2.75, 3.05) is 38.7 Å². The second-order valence-corrected chi connectivity index (χ2v) is 10.9. The summed E-state index contributed by atoms with van der Waals surface area (Å²) in [5.74, 6) is 0.277. The molecule has 10 nitrogen and oxygen atoms in total. The van der Waals surface area contributed by atoms with Gasteiger partial charge in [0.1, 0.15) is 5.75 Å². The van der Waals surface area contributed by atoms with Crippen molar-refractivity contribution < 1.29 is 23.0 Å². The van der Waals surface area contributed by atoms with Gasteiger partial charge in [0.15, 0.2) is 5.69 Å². The number of allylic oxidation sites excluding steroid dienone is 1. The van der Waals surface area contributed by atoms with Crippen LogP contribution in [0.5, 0.6) is 11.6 Å². The molecule has 0 aliphatic carbocycles. The zero-order valence-corrected chi connectivity index (χ0v) is 22.7. The number of ether oxygens (including phenoxy) is 2. The summed E-state index contributed by atoms with van der Waals surface area (Å²) in [6, 6.07) is 8.04. The Balaban J connectivity index is 1.71. The summed E-state index contributed by atoms with van der Waals surface area (Å²) in [5, 5.41) is 23.1. The number of hydrogen-bond acceptors (Lipinski definition) is 7. The van der Waals surface area contributed by atoms with E-state index in [0.29, 0.717) is 40.6 Å². The number of aromatic nitrogens is 1. The van der Waals surface area contributed by atoms with E-state index in [0.717, 1.165) is 5.56 Å². The predicted molar refractivity (Wildman–Crippen MR) is 147 cm³/mol. The summed E-state index contributed by atoms with van der Waals surface area (Å²) in [6.07, 6.45) is 1.61. The highest BCUT2D eigenvalue weighted by Gasteiger charge is 2.28. The first-order valence-electron chi connectivity index (χ1n) is 11.3. The van der Waals surface area contributed by atoms with Crippen molar-refractivity contribution in [1.29, 1.82) is 0 Å². The van der Waals surface area contributed by atoms with Crippen molar-refractivity contribution in [1.82, 2.24) is 8.87 Å². The molecule has 4 rings (SSSR count). The lowest BCUT2D eigenvalue weighted by Gasteiger charge is -2.26. The Morgan fingerprint density at radius 1 is 1.32 bits per heavy atom. The highest BCUT2D eigenvalue weighted by molar-refractivity contribution is 7.89. The number of hydrogen-bond donors (Lipinski definition) is 2. The summed E-state index contributed by atoms with van der Waals surface area (Å²) >= 11 is 11.5. The molecular formula is C24H26ClN5O5S2. The average molecular weight is 564 g/mol. The maximum atomic E-state index is 13.2. The highest BCUT2D eigenvalue weighted by Crippen LogP contribution is 2.40. The number of nitrogens with one attached hydrogen (secondary N) is 1. The minimum Gasteiger partial charge on any atom is -0.495 e. The number of nitrogens with zero attached hydrogens (tertiary/aromatic N) is 4. The van der Waals surface area contributed by atoms with Gasteiger partial charge < -0.3 is 24.5 Å². The molecule has 1 aromatic heterocycles. The van der Waals surface area contributed by atoms with Gasteiger partial charge in [0.05, 0.1) is 36.4 Å². The number of thiocarbonyl (C=S) groups is 1. The Morgan fingerprint density at radius 3 is 2.73 bits per heavy atom. The van der Waals surface area contributed by atoms with E-state index < -0.39 is 10.0 Å². The summed E-state index contributed by atoms with van der Waals surface area (Å²) in [5.41, 5.74) is 2.01. The molecule has 2 heterocycles. The smallest absolute Gasteiger partial charge is 0.243 e. The Hall–Kier alpha value is -3.03. The molecule has 0 saturated carbocycles. The summed E-state index contributed by atoms with van der Waals surface area (Å²) < 4.78 is 40.0. The van der Waals surface area contributed by atoms with Gasteiger partial charge in [-0.05, 0) is 49.0 Å². The molecule has 1 aliphatic rings. The molecule has 0 spiro atoms. The maximum Gasteiger partial charge on any atom is 0.243 e. The van der Waals surface area contributed by atoms with Crippen LogP contribution in [0.4, 0.5) is 11.4 Å². The van der Waals surface area contributed by atoms with Gasteiger partial charge in [-0.15, -0.1) is 16.8 Å². The van der Waals surface area contributed by atoms with E-state index >= 15 is 0 Å². The van der Waals surface area contributed by atoms with E-state index in [-0.39, 0.29) is 41.2 Å². The third-order valence-electron chi connectivity index (χ3n) is 5.86. The van der Waals surface area contributed by atoms with E-state index in [4.69, 9.17) is 33.3 Å². The number of sulfonamides is 1. The monoisotopic (exact) mass is 563 g/mol. The molecule has 0 bridgehead atoms. The van der Waals surface area contributed by atoms with Crippen LogP contribution in [0.25, 0.3) is 10.9 Å². The van der Waals surface area contributed by atoms with Crippen LogP contribution < -0.4 is 10.1 Å². The van der Waals surface area contributed by atoms with Crippen LogP contribution >= 0.6 is 23.8 Å². The average Bonchev–Trinajstić information content (AvgIpc) is 3.15. The molecule has 1 saturated heterocycles. The first-order chi connectivity index (χ1) is 17.7. The highest BCUT2D eigenvalue weighted by atomic mass is 35.5. The third kappa shape index (κ3) is 5.48. The molecule has 3 aromatic rings. The number of halogens is 1. The number of anilines is 1. The molecule has 0 radical (unpaired) electrons. The normalized spacial score (nSPS) is 14.8. The van der Waals surface area contributed by atoms with Gasteiger partial charge in [-0.3, -0.25) is 0 Å². The molecule has 37 heavy (non-hydrogen) atoms. The number of azo groups is 1. The molecule has 196 valence electrons. The Bertz CT molecular complexity index is 1500. The molecule has 2 aromatic carbocycles. The van der Waals surface area contributed by atoms with Crippen molar-refractivity contribution in [3.63, 3.8) is 0 Å². The molecule has 0 unspecified atom stereocenters. The number of fused-ring (bicyclic) bond motifs is 1. The number of aromatic hydroxyl groups is 1. The lowest BCUT2D eigenvalue weighted by atomic mass is 10.2. The molecule has 1 aliphatic heterocycles. The van der Waals surface area contributed by atoms with Gasteiger partial charge >= 0.3 is 0 Å². The van der Waals surface area contributed by atoms with Crippen molar-refractivity contribution in [2.24, 2.45) is 10.2 Å². The standard InChI is InChI=1S/C24H26ClN5O5S2/c1-4-7-30-20-6-5-16(37(32,33)29-8-10-35-11-9-29)13-17(20)22(23(30)31)27-28-24(36)26-19-12-15(2)18(25)14-21(19)34-3/h4-6,12-14,31H,1,7-11H2,2-3H3,(H,26,36). The third-order valence-corrected chi connectivity index (χ3v) is 8.35. The molecule has 2 N–H and O–H groups in total. The van der Waals surface area contributed by atoms with Crippen molar-refractivity contribution in [3.8, 4) is 11.6 Å². The van der Waals surface area contributed by atoms with E-state index in [1.807, 2.05) is 6.92 Å². The summed E-state index contributed by atoms with van der Waals surface area (Å²) in [4.78, 5) is 0.0798. The maximum absolute atomic E-state index is 13.2. The van der Waals surface area contributed by atoms with E-state index in [1.54, 1.807) is 28.8 Å². The lowest BCUT2D eigenvalue weighted by Crippen LogP contribution is -2.40. The first kappa shape index (κ1) is 27.0. The molecule has 1 fully saturated rings. The van der Waals surface area contributed by atoms with E-state index in [9.17, 15) is 13.5 Å². The minimum absolute atomic E-state index is 0.00105. The molecule has 13 heteroatoms. The summed E-state index contributed by atoms with van der Waals surface area (Å²) in [7, 11) is -2.26. The number of morpholine rings is 1. The lowest BCUT2D eigenvalue weighted by molar-refractivity contribution is 0.0730. The van der Waals surface area contributed by atoms with Crippen molar-refractivity contribution in [3.05, 3.63) is 53.6 Å². The fraction of sp³-hybridized carbons (Fsp3) is 0.292. The number of aryl methyl sites for hydroxylation is 1.